The fourth-order valence-electron chi connectivity index (χ4n) is 5.38. The number of amides is 3. The maximum absolute atomic E-state index is 13.7. The highest BCUT2D eigenvalue weighted by Gasteiger charge is 2.19. The smallest absolute Gasteiger partial charge is 0.335 e. The summed E-state index contributed by atoms with van der Waals surface area (Å²) in [4.78, 5) is 51.1. The van der Waals surface area contributed by atoms with Crippen LogP contribution in [0.1, 0.15) is 41.4 Å². The summed E-state index contributed by atoms with van der Waals surface area (Å²) in [5.41, 5.74) is 0.450. The summed E-state index contributed by atoms with van der Waals surface area (Å²) in [5.74, 6) is -3.29. The number of benzene rings is 6. The number of nitrogens with one attached hydrogen (secondary N) is 3. The lowest BCUT2D eigenvalue weighted by atomic mass is 10.0. The fraction of sp³-hybridized carbons (Fsp3) is 0. The Morgan fingerprint density at radius 3 is 1.31 bits per heavy atom. The van der Waals surface area contributed by atoms with Crippen molar-refractivity contribution in [3.8, 4) is 0 Å². The summed E-state index contributed by atoms with van der Waals surface area (Å²) in [6.07, 6.45) is 0. The van der Waals surface area contributed by atoms with E-state index in [1.54, 1.807) is 36.4 Å². The molecule has 52 heavy (non-hydrogen) atoms. The molecule has 0 radical (unpaired) electrons. The Bertz CT molecular complexity index is 2550. The number of carboxylic acids is 1. The molecule has 6 aromatic rings. The van der Waals surface area contributed by atoms with E-state index >= 15 is 0 Å². The molecule has 262 valence electrons. The molecule has 16 heteroatoms. The lowest BCUT2D eigenvalue weighted by Crippen LogP contribution is -2.18. The Morgan fingerprint density at radius 1 is 0.462 bits per heavy atom. The monoisotopic (exact) mass is 739 g/mol. The summed E-state index contributed by atoms with van der Waals surface area (Å²) >= 11 is 0. The minimum Gasteiger partial charge on any atom is -0.478 e. The van der Waals surface area contributed by atoms with Crippen LogP contribution in [0, 0.1) is 0 Å². The van der Waals surface area contributed by atoms with Crippen LogP contribution in [-0.2, 0) is 20.2 Å². The van der Waals surface area contributed by atoms with Crippen molar-refractivity contribution in [2.24, 2.45) is 0 Å². The Balaban J connectivity index is 1.36. The minimum absolute atomic E-state index is 0.0246. The molecule has 0 saturated heterocycles. The zero-order valence-corrected chi connectivity index (χ0v) is 28.0. The number of rotatable bonds is 9. The Hall–Kier alpha value is -6.46. The summed E-state index contributed by atoms with van der Waals surface area (Å²) in [5, 5.41) is 18.9. The number of hydrogen-bond donors (Lipinski definition) is 6. The molecule has 0 aliphatic carbocycles. The van der Waals surface area contributed by atoms with Gasteiger partial charge in [-0.3, -0.25) is 23.5 Å². The first-order valence-corrected chi connectivity index (χ1v) is 17.9. The van der Waals surface area contributed by atoms with Crippen molar-refractivity contribution in [2.75, 3.05) is 16.0 Å². The van der Waals surface area contributed by atoms with Crippen molar-refractivity contribution in [2.45, 2.75) is 9.79 Å². The highest BCUT2D eigenvalue weighted by molar-refractivity contribution is 7.86. The lowest BCUT2D eigenvalue weighted by Gasteiger charge is -2.14. The predicted molar refractivity (Wildman–Crippen MR) is 191 cm³/mol. The molecule has 6 rings (SSSR count). The molecular weight excluding hydrogens is 715 g/mol. The molecule has 0 fully saturated rings. The SMILES string of the molecule is O=C(O)c1ccc(C(=O)Nc2cc(C(=O)Nc3cccc4cc(S(=O)(=O)O)ccc34)cc(C(=O)Nc3cccc4cc(S(=O)(=O)O)ccc34)c2)cc1. The minimum atomic E-state index is -4.49. The average molecular weight is 740 g/mol. The summed E-state index contributed by atoms with van der Waals surface area (Å²) in [6, 6.07) is 26.0. The van der Waals surface area contributed by atoms with E-state index in [1.807, 2.05) is 0 Å². The second-order valence-electron chi connectivity index (χ2n) is 11.4. The molecule has 0 aliphatic rings. The third-order valence-corrected chi connectivity index (χ3v) is 9.60. The first-order valence-electron chi connectivity index (χ1n) is 15.0. The van der Waals surface area contributed by atoms with Crippen molar-refractivity contribution >= 4 is 82.5 Å². The van der Waals surface area contributed by atoms with Gasteiger partial charge in [0.25, 0.3) is 38.0 Å². The van der Waals surface area contributed by atoms with Crippen LogP contribution in [0.5, 0.6) is 0 Å². The van der Waals surface area contributed by atoms with Gasteiger partial charge in [0, 0.05) is 44.5 Å². The molecule has 0 atom stereocenters. The van der Waals surface area contributed by atoms with E-state index in [0.29, 0.717) is 21.5 Å². The fourth-order valence-corrected chi connectivity index (χ4v) is 6.41. The van der Waals surface area contributed by atoms with Gasteiger partial charge in [0.05, 0.1) is 15.4 Å². The number of carboxylic acid groups (broad SMARTS) is 1. The maximum atomic E-state index is 13.7. The summed E-state index contributed by atoms with van der Waals surface area (Å²) in [6.45, 7) is 0. The second-order valence-corrected chi connectivity index (χ2v) is 14.2. The van der Waals surface area contributed by atoms with Crippen LogP contribution >= 0.6 is 0 Å². The van der Waals surface area contributed by atoms with Crippen molar-refractivity contribution < 1.29 is 50.2 Å². The van der Waals surface area contributed by atoms with Crippen LogP contribution in [0.15, 0.2) is 125 Å². The van der Waals surface area contributed by atoms with Gasteiger partial charge >= 0.3 is 5.97 Å². The van der Waals surface area contributed by atoms with Gasteiger partial charge < -0.3 is 21.1 Å². The second kappa shape index (κ2) is 13.7. The van der Waals surface area contributed by atoms with Gasteiger partial charge in [-0.25, -0.2) is 4.79 Å². The molecule has 0 aliphatic heterocycles. The van der Waals surface area contributed by atoms with Crippen LogP contribution in [-0.4, -0.2) is 54.7 Å². The van der Waals surface area contributed by atoms with Crippen molar-refractivity contribution in [1.82, 2.24) is 0 Å². The van der Waals surface area contributed by atoms with Crippen molar-refractivity contribution in [3.63, 3.8) is 0 Å². The molecular formula is C36H25N3O11S2. The molecule has 6 aromatic carbocycles. The van der Waals surface area contributed by atoms with E-state index < -0.39 is 43.9 Å². The maximum Gasteiger partial charge on any atom is 0.335 e. The van der Waals surface area contributed by atoms with E-state index in [2.05, 4.69) is 16.0 Å². The lowest BCUT2D eigenvalue weighted by molar-refractivity contribution is 0.0695. The predicted octanol–water partition coefficient (Wildman–Crippen LogP) is 5.94. The van der Waals surface area contributed by atoms with Crippen LogP contribution in [0.2, 0.25) is 0 Å². The van der Waals surface area contributed by atoms with Gasteiger partial charge in [-0.15, -0.1) is 0 Å². The Labute approximate surface area is 295 Å². The van der Waals surface area contributed by atoms with E-state index in [-0.39, 0.29) is 49.1 Å². The van der Waals surface area contributed by atoms with Gasteiger partial charge in [-0.1, -0.05) is 36.4 Å². The number of aromatic carboxylic acids is 1. The standard InChI is InChI=1S/C36H25N3O11S2/c40-33(20-7-9-21(10-8-20)36(43)44)37-26-16-24(34(41)38-31-5-1-3-22-18-27(51(45,46)47)11-13-29(22)31)15-25(17-26)35(42)39-32-6-2-4-23-19-28(52(48,49)50)12-14-30(23)32/h1-19H,(H,37,40)(H,38,41)(H,39,42)(H,43,44)(H,45,46,47)(H,48,49,50). The number of carbonyl (C=O) groups excluding carboxylic acids is 3. The normalized spacial score (nSPS) is 11.6. The van der Waals surface area contributed by atoms with E-state index in [1.165, 1.54) is 78.9 Å². The van der Waals surface area contributed by atoms with E-state index in [4.69, 9.17) is 0 Å². The largest absolute Gasteiger partial charge is 0.478 e. The zero-order valence-electron chi connectivity index (χ0n) is 26.4. The van der Waals surface area contributed by atoms with Crippen LogP contribution in [0.4, 0.5) is 17.1 Å². The van der Waals surface area contributed by atoms with Gasteiger partial charge in [0.15, 0.2) is 0 Å². The highest BCUT2D eigenvalue weighted by Crippen LogP contribution is 2.29. The molecule has 0 aromatic heterocycles. The van der Waals surface area contributed by atoms with Gasteiger partial charge in [0.2, 0.25) is 0 Å². The van der Waals surface area contributed by atoms with E-state index in [9.17, 15) is 50.2 Å². The quantitative estimate of drug-likeness (QED) is 0.0950. The Kier molecular flexibility index (Phi) is 9.31. The van der Waals surface area contributed by atoms with Crippen molar-refractivity contribution in [3.05, 3.63) is 138 Å². The average Bonchev–Trinajstić information content (AvgIpc) is 3.10. The Morgan fingerprint density at radius 2 is 0.885 bits per heavy atom. The third kappa shape index (κ3) is 7.64. The number of fused-ring (bicyclic) bond motifs is 2. The van der Waals surface area contributed by atoms with Gasteiger partial charge in [-0.2, -0.15) is 16.8 Å². The molecule has 0 bridgehead atoms. The van der Waals surface area contributed by atoms with Crippen LogP contribution in [0.25, 0.3) is 21.5 Å². The molecule has 0 saturated carbocycles. The molecule has 0 spiro atoms. The molecule has 6 N–H and O–H groups in total. The van der Waals surface area contributed by atoms with E-state index in [0.717, 1.165) is 0 Å². The van der Waals surface area contributed by atoms with Crippen LogP contribution < -0.4 is 16.0 Å². The molecule has 14 nitrogen and oxygen atoms in total. The first-order chi connectivity index (χ1) is 24.6. The number of carbonyl (C=O) groups is 4. The van der Waals surface area contributed by atoms with Gasteiger partial charge in [0.1, 0.15) is 0 Å². The molecule has 3 amide bonds. The summed E-state index contributed by atoms with van der Waals surface area (Å²) < 4.78 is 65.5. The third-order valence-electron chi connectivity index (χ3n) is 7.91. The highest BCUT2D eigenvalue weighted by atomic mass is 32.2. The molecule has 0 unspecified atom stereocenters. The topological polar surface area (TPSA) is 233 Å². The summed E-state index contributed by atoms with van der Waals surface area (Å²) in [7, 11) is -8.98. The first kappa shape index (κ1) is 35.4. The van der Waals surface area contributed by atoms with Crippen molar-refractivity contribution in [1.29, 1.82) is 0 Å². The van der Waals surface area contributed by atoms with Crippen LogP contribution in [0.3, 0.4) is 0 Å². The molecule has 0 heterocycles. The zero-order chi connectivity index (χ0) is 37.4. The number of anilines is 3. The van der Waals surface area contributed by atoms with Gasteiger partial charge in [-0.05, 0) is 89.6 Å². The number of hydrogen-bond acceptors (Lipinski definition) is 8.